The average Bonchev–Trinajstić information content (AvgIpc) is 3.43. The molecule has 0 saturated carbocycles. The standard InChI is InChI=1S/C39H65O10P/c1-3-5-7-8-9-10-11-12-13-14-15-16-22-26-39(43)49-35(32-48-50(44,45)46)31-47-38(42)25-21-18-17-20-23-33-27-30-37(41)36(33)29-28-34(40)24-19-6-4-2/h10-11,17,20,27-30,33-36,40H,3-9,12-16,18-19,21-26,31-32H2,1-2H3,(H2,44,45,46)/b11-10-,20-17-,29-28+/t33-,34-,35+,36+/m0/s1. The van der Waals surface area contributed by atoms with Crippen LogP contribution in [0.2, 0.25) is 0 Å². The number of carbonyl (C=O) groups excluding carboxylic acids is 3. The van der Waals surface area contributed by atoms with Gasteiger partial charge in [0.05, 0.1) is 12.7 Å². The van der Waals surface area contributed by atoms with Crippen LogP contribution in [0.5, 0.6) is 0 Å². The van der Waals surface area contributed by atoms with Crippen LogP contribution in [0.15, 0.2) is 48.6 Å². The van der Waals surface area contributed by atoms with Gasteiger partial charge in [-0.25, -0.2) is 4.57 Å². The van der Waals surface area contributed by atoms with E-state index in [2.05, 4.69) is 30.5 Å². The first kappa shape index (κ1) is 45.7. The summed E-state index contributed by atoms with van der Waals surface area (Å²) in [5.41, 5.74) is 0. The molecular weight excluding hydrogens is 659 g/mol. The summed E-state index contributed by atoms with van der Waals surface area (Å²) in [6.45, 7) is 3.37. The van der Waals surface area contributed by atoms with Crippen molar-refractivity contribution in [1.29, 1.82) is 0 Å². The smallest absolute Gasteiger partial charge is 0.462 e. The zero-order valence-corrected chi connectivity index (χ0v) is 31.5. The first-order valence-corrected chi connectivity index (χ1v) is 20.5. The van der Waals surface area contributed by atoms with E-state index in [1.807, 2.05) is 24.3 Å². The highest BCUT2D eigenvalue weighted by molar-refractivity contribution is 7.46. The topological polar surface area (TPSA) is 157 Å². The third-order valence-corrected chi connectivity index (χ3v) is 9.05. The molecule has 0 spiro atoms. The predicted octanol–water partition coefficient (Wildman–Crippen LogP) is 8.79. The van der Waals surface area contributed by atoms with Crippen LogP contribution >= 0.6 is 7.82 Å². The highest BCUT2D eigenvalue weighted by atomic mass is 31.2. The fraction of sp³-hybridized carbons (Fsp3) is 0.718. The molecule has 4 atom stereocenters. The van der Waals surface area contributed by atoms with Gasteiger partial charge in [0.1, 0.15) is 6.61 Å². The number of aliphatic hydroxyl groups excluding tert-OH is 1. The maximum absolute atomic E-state index is 12.4. The Kier molecular flexibility index (Phi) is 26.7. The van der Waals surface area contributed by atoms with Crippen molar-refractivity contribution >= 4 is 25.5 Å². The van der Waals surface area contributed by atoms with E-state index in [-0.39, 0.29) is 37.1 Å². The van der Waals surface area contributed by atoms with Gasteiger partial charge in [-0.3, -0.25) is 18.9 Å². The van der Waals surface area contributed by atoms with Crippen molar-refractivity contribution in [2.45, 2.75) is 154 Å². The Morgan fingerprint density at radius 2 is 1.40 bits per heavy atom. The van der Waals surface area contributed by atoms with Gasteiger partial charge in [-0.05, 0) is 69.8 Å². The number of rotatable bonds is 31. The molecule has 10 nitrogen and oxygen atoms in total. The molecule has 0 heterocycles. The van der Waals surface area contributed by atoms with Crippen LogP contribution < -0.4 is 0 Å². The number of ketones is 1. The van der Waals surface area contributed by atoms with Crippen LogP contribution in [0.1, 0.15) is 142 Å². The second-order valence-electron chi connectivity index (χ2n) is 13.2. The Labute approximate surface area is 301 Å². The lowest BCUT2D eigenvalue weighted by Gasteiger charge is -2.18. The van der Waals surface area contributed by atoms with Gasteiger partial charge in [0.25, 0.3) is 0 Å². The monoisotopic (exact) mass is 724 g/mol. The number of phosphoric acid groups is 1. The number of carbonyl (C=O) groups is 3. The summed E-state index contributed by atoms with van der Waals surface area (Å²) >= 11 is 0. The lowest BCUT2D eigenvalue weighted by molar-refractivity contribution is -0.161. The fourth-order valence-electron chi connectivity index (χ4n) is 5.59. The molecule has 0 aromatic heterocycles. The van der Waals surface area contributed by atoms with Gasteiger partial charge in [0.15, 0.2) is 11.9 Å². The van der Waals surface area contributed by atoms with Crippen molar-refractivity contribution in [2.24, 2.45) is 11.8 Å². The van der Waals surface area contributed by atoms with E-state index in [1.165, 1.54) is 25.7 Å². The summed E-state index contributed by atoms with van der Waals surface area (Å²) in [5, 5.41) is 10.2. The van der Waals surface area contributed by atoms with E-state index in [1.54, 1.807) is 12.2 Å². The molecule has 0 fully saturated rings. The third-order valence-electron chi connectivity index (χ3n) is 8.57. The number of unbranched alkanes of at least 4 members (excludes halogenated alkanes) is 12. The molecule has 1 rings (SSSR count). The van der Waals surface area contributed by atoms with Crippen LogP contribution in [0.3, 0.4) is 0 Å². The molecule has 0 aromatic rings. The number of aliphatic hydroxyl groups is 1. The van der Waals surface area contributed by atoms with Crippen molar-refractivity contribution in [3.05, 3.63) is 48.6 Å². The number of ether oxygens (including phenoxy) is 2. The highest BCUT2D eigenvalue weighted by Gasteiger charge is 2.27. The SMILES string of the molecule is CCCCCC/C=C\CCCCCCCC(=O)O[C@H](COC(=O)CCC/C=C\C[C@H]1C=CC(=O)[C@@H]1/C=C/[C@@H](O)CCCCC)COP(=O)(O)O. The molecule has 0 bridgehead atoms. The Morgan fingerprint density at radius 3 is 2.10 bits per heavy atom. The van der Waals surface area contributed by atoms with E-state index in [0.29, 0.717) is 32.1 Å². The minimum atomic E-state index is -4.80. The van der Waals surface area contributed by atoms with Crippen molar-refractivity contribution in [1.82, 2.24) is 0 Å². The second-order valence-corrected chi connectivity index (χ2v) is 14.4. The molecule has 286 valence electrons. The maximum Gasteiger partial charge on any atom is 0.469 e. The van der Waals surface area contributed by atoms with Crippen LogP contribution in [-0.2, 0) is 32.9 Å². The van der Waals surface area contributed by atoms with Crippen LogP contribution in [0.25, 0.3) is 0 Å². The number of hydrogen-bond donors (Lipinski definition) is 3. The van der Waals surface area contributed by atoms with E-state index in [4.69, 9.17) is 19.3 Å². The molecule has 11 heteroatoms. The summed E-state index contributed by atoms with van der Waals surface area (Å²) in [7, 11) is -4.80. The quantitative estimate of drug-likeness (QED) is 0.0273. The zero-order chi connectivity index (χ0) is 36.9. The summed E-state index contributed by atoms with van der Waals surface area (Å²) in [6.07, 6.45) is 31.8. The number of phosphoric ester groups is 1. The van der Waals surface area contributed by atoms with Crippen molar-refractivity contribution in [3.8, 4) is 0 Å². The molecular formula is C39H65O10P. The van der Waals surface area contributed by atoms with Crippen molar-refractivity contribution in [2.75, 3.05) is 13.2 Å². The van der Waals surface area contributed by atoms with Crippen LogP contribution in [0.4, 0.5) is 0 Å². The largest absolute Gasteiger partial charge is 0.469 e. The molecule has 1 aliphatic carbocycles. The van der Waals surface area contributed by atoms with Gasteiger partial charge in [-0.15, -0.1) is 0 Å². The van der Waals surface area contributed by atoms with Gasteiger partial charge in [0.2, 0.25) is 0 Å². The van der Waals surface area contributed by atoms with Crippen LogP contribution in [0, 0.1) is 11.8 Å². The Bertz CT molecular complexity index is 1090. The first-order valence-electron chi connectivity index (χ1n) is 19.0. The molecule has 3 N–H and O–H groups in total. The Balaban J connectivity index is 2.31. The van der Waals surface area contributed by atoms with Gasteiger partial charge in [0, 0.05) is 18.8 Å². The maximum atomic E-state index is 12.4. The number of hydrogen-bond acceptors (Lipinski definition) is 8. The molecule has 0 saturated heterocycles. The van der Waals surface area contributed by atoms with E-state index in [9.17, 15) is 24.1 Å². The average molecular weight is 725 g/mol. The molecule has 50 heavy (non-hydrogen) atoms. The minimum absolute atomic E-state index is 0.0278. The Hall–Kier alpha value is -2.36. The summed E-state index contributed by atoms with van der Waals surface area (Å²) in [5.74, 6) is -1.26. The van der Waals surface area contributed by atoms with Gasteiger partial charge in [-0.1, -0.05) is 114 Å². The summed E-state index contributed by atoms with van der Waals surface area (Å²) in [6, 6.07) is 0. The molecule has 0 amide bonds. The molecule has 1 aliphatic rings. The van der Waals surface area contributed by atoms with E-state index in [0.717, 1.165) is 57.8 Å². The molecule has 0 aliphatic heterocycles. The fourth-order valence-corrected chi connectivity index (χ4v) is 5.95. The second kappa shape index (κ2) is 29.2. The minimum Gasteiger partial charge on any atom is -0.462 e. The zero-order valence-electron chi connectivity index (χ0n) is 30.6. The summed E-state index contributed by atoms with van der Waals surface area (Å²) in [4.78, 5) is 55.1. The first-order chi connectivity index (χ1) is 24.1. The summed E-state index contributed by atoms with van der Waals surface area (Å²) < 4.78 is 26.3. The van der Waals surface area contributed by atoms with Crippen molar-refractivity contribution in [3.63, 3.8) is 0 Å². The normalized spacial score (nSPS) is 17.7. The third kappa shape index (κ3) is 25.6. The molecule has 0 unspecified atom stereocenters. The van der Waals surface area contributed by atoms with Gasteiger partial charge < -0.3 is 24.4 Å². The lowest BCUT2D eigenvalue weighted by Crippen LogP contribution is -2.29. The van der Waals surface area contributed by atoms with Gasteiger partial charge in [-0.2, -0.15) is 0 Å². The molecule has 0 aromatic carbocycles. The van der Waals surface area contributed by atoms with E-state index >= 15 is 0 Å². The number of allylic oxidation sites excluding steroid dienone is 7. The van der Waals surface area contributed by atoms with E-state index < -0.39 is 38.6 Å². The van der Waals surface area contributed by atoms with Crippen molar-refractivity contribution < 1.29 is 47.8 Å². The van der Waals surface area contributed by atoms with Gasteiger partial charge >= 0.3 is 19.8 Å². The number of esters is 2. The Morgan fingerprint density at radius 1 is 0.800 bits per heavy atom. The highest BCUT2D eigenvalue weighted by Crippen LogP contribution is 2.36. The predicted molar refractivity (Wildman–Crippen MR) is 197 cm³/mol. The molecule has 0 radical (unpaired) electrons. The lowest BCUT2D eigenvalue weighted by atomic mass is 9.90. The van der Waals surface area contributed by atoms with Crippen LogP contribution in [-0.4, -0.2) is 58.0 Å².